The lowest BCUT2D eigenvalue weighted by Crippen LogP contribution is -2.61. The van der Waals surface area contributed by atoms with Gasteiger partial charge in [-0.3, -0.25) is 0 Å². The minimum Gasteiger partial charge on any atom is -0.388 e. The van der Waals surface area contributed by atoms with Crippen molar-refractivity contribution in [2.75, 3.05) is 19.8 Å². The molecule has 1 saturated carbocycles. The van der Waals surface area contributed by atoms with Crippen LogP contribution in [0.1, 0.15) is 44.6 Å². The average Bonchev–Trinajstić information content (AvgIpc) is 3.37. The van der Waals surface area contributed by atoms with Gasteiger partial charge in [0.1, 0.15) is 11.9 Å². The van der Waals surface area contributed by atoms with Gasteiger partial charge >= 0.3 is 0 Å². The van der Waals surface area contributed by atoms with E-state index in [1.165, 1.54) is 16.7 Å². The number of aliphatic hydroxyl groups is 2. The molecular weight excluding hydrogens is 450 g/mol. The van der Waals surface area contributed by atoms with E-state index in [1.54, 1.807) is 0 Å². The van der Waals surface area contributed by atoms with Crippen molar-refractivity contribution in [1.29, 1.82) is 0 Å². The number of anilines is 1. The van der Waals surface area contributed by atoms with E-state index in [0.717, 1.165) is 42.0 Å². The monoisotopic (exact) mass is 485 g/mol. The fourth-order valence-corrected chi connectivity index (χ4v) is 8.27. The Morgan fingerprint density at radius 2 is 1.94 bits per heavy atom. The van der Waals surface area contributed by atoms with Gasteiger partial charge in [0.25, 0.3) is 0 Å². The third kappa shape index (κ3) is 2.79. The number of rotatable bonds is 2. The Labute approximate surface area is 212 Å². The molecule has 36 heavy (non-hydrogen) atoms. The molecule has 2 aliphatic heterocycles. The van der Waals surface area contributed by atoms with Gasteiger partial charge in [-0.25, -0.2) is 4.98 Å². The lowest BCUT2D eigenvalue weighted by atomic mass is 9.58. The summed E-state index contributed by atoms with van der Waals surface area (Å²) in [5.41, 5.74) is 9.73. The number of hydrogen-bond donors (Lipinski definition) is 3. The summed E-state index contributed by atoms with van der Waals surface area (Å²) in [6.45, 7) is 2.40. The number of aromatic nitrogens is 1. The number of nitrogens with zero attached hydrogens (tertiary/aromatic N) is 2. The largest absolute Gasteiger partial charge is 0.388 e. The fraction of sp³-hybridized carbons (Fsp3) is 0.500. The van der Waals surface area contributed by atoms with Crippen LogP contribution in [0.3, 0.4) is 0 Å². The highest BCUT2D eigenvalue weighted by atomic mass is 16.5. The van der Waals surface area contributed by atoms with Crippen LogP contribution in [0, 0.1) is 11.3 Å². The first kappa shape index (κ1) is 22.7. The van der Waals surface area contributed by atoms with E-state index in [0.29, 0.717) is 18.2 Å². The first-order chi connectivity index (χ1) is 17.2. The van der Waals surface area contributed by atoms with Gasteiger partial charge in [0.15, 0.2) is 0 Å². The summed E-state index contributed by atoms with van der Waals surface area (Å²) in [7, 11) is 3.95. The van der Waals surface area contributed by atoms with Crippen LogP contribution >= 0.6 is 0 Å². The van der Waals surface area contributed by atoms with Crippen LogP contribution in [0.25, 0.3) is 16.3 Å². The number of likely N-dealkylation sites (N-methyl/N-ethyl adjacent to an activating group) is 1. The predicted molar refractivity (Wildman–Crippen MR) is 141 cm³/mol. The Bertz CT molecular complexity index is 1380. The molecule has 7 rings (SSSR count). The van der Waals surface area contributed by atoms with Gasteiger partial charge < -0.3 is 25.6 Å². The van der Waals surface area contributed by atoms with Crippen molar-refractivity contribution in [3.8, 4) is 0 Å². The summed E-state index contributed by atoms with van der Waals surface area (Å²) >= 11 is 0. The third-order valence-corrected chi connectivity index (χ3v) is 10.1. The molecular formula is C30H35N3O3. The molecule has 188 valence electrons. The number of aliphatic hydroxyl groups excluding tert-OH is 2. The molecule has 6 nitrogen and oxygen atoms in total. The Kier molecular flexibility index (Phi) is 4.59. The standard InChI is InChI=1S/C30H35N3O3/c1-28-9-8-20-14-22-26(34)27(35)23(33(2)3)15-29(22)10-11-30(20,36-29)24(28)7-6-21(28)18-5-4-17-13-25(31)32-16-19(17)12-18/h4-6,8,12-14,16,23-24,26-27,34-35H,7,9-11,15H2,1-3H3,(H2,31,32). The van der Waals surface area contributed by atoms with Crippen LogP contribution in [0.15, 0.2) is 59.8 Å². The number of pyridine rings is 1. The molecule has 2 spiro atoms. The molecule has 0 amide bonds. The first-order valence-corrected chi connectivity index (χ1v) is 13.2. The number of nitrogens with two attached hydrogens (primary N) is 1. The van der Waals surface area contributed by atoms with Crippen LogP contribution in [0.2, 0.25) is 0 Å². The number of allylic oxidation sites excluding steroid dienone is 3. The smallest absolute Gasteiger partial charge is 0.123 e. The molecule has 7 atom stereocenters. The van der Waals surface area contributed by atoms with Gasteiger partial charge in [0.05, 0.1) is 17.3 Å². The van der Waals surface area contributed by atoms with Crippen LogP contribution in [-0.2, 0) is 4.74 Å². The minimum atomic E-state index is -0.894. The second-order valence-corrected chi connectivity index (χ2v) is 12.1. The van der Waals surface area contributed by atoms with Gasteiger partial charge in [0.2, 0.25) is 0 Å². The van der Waals surface area contributed by atoms with Crippen molar-refractivity contribution >= 4 is 22.2 Å². The normalized spacial score (nSPS) is 40.9. The Morgan fingerprint density at radius 1 is 1.11 bits per heavy atom. The van der Waals surface area contributed by atoms with Crippen LogP contribution in [0.4, 0.5) is 5.82 Å². The zero-order valence-electron chi connectivity index (χ0n) is 21.2. The minimum absolute atomic E-state index is 0.0387. The number of hydrogen-bond acceptors (Lipinski definition) is 6. The van der Waals surface area contributed by atoms with E-state index < -0.39 is 17.8 Å². The summed E-state index contributed by atoms with van der Waals surface area (Å²) in [6, 6.07) is 8.40. The zero-order chi connectivity index (χ0) is 25.0. The van der Waals surface area contributed by atoms with Crippen molar-refractivity contribution in [2.45, 2.75) is 68.5 Å². The molecule has 2 fully saturated rings. The summed E-state index contributed by atoms with van der Waals surface area (Å²) in [5.74, 6) is 0.875. The van der Waals surface area contributed by atoms with Gasteiger partial charge in [-0.1, -0.05) is 37.3 Å². The molecule has 1 saturated heterocycles. The molecule has 4 N–H and O–H groups in total. The quantitative estimate of drug-likeness (QED) is 0.599. The van der Waals surface area contributed by atoms with Gasteiger partial charge in [-0.15, -0.1) is 0 Å². The Morgan fingerprint density at radius 3 is 2.75 bits per heavy atom. The zero-order valence-corrected chi connectivity index (χ0v) is 21.2. The Balaban J connectivity index is 1.29. The van der Waals surface area contributed by atoms with Gasteiger partial charge in [-0.05, 0) is 86.0 Å². The Hall–Kier alpha value is -2.51. The predicted octanol–water partition coefficient (Wildman–Crippen LogP) is 3.84. The molecule has 5 aliphatic rings. The molecule has 3 aliphatic carbocycles. The fourth-order valence-electron chi connectivity index (χ4n) is 8.27. The van der Waals surface area contributed by atoms with Crippen molar-refractivity contribution in [1.82, 2.24) is 9.88 Å². The van der Waals surface area contributed by atoms with Gasteiger partial charge in [-0.2, -0.15) is 0 Å². The lowest BCUT2D eigenvalue weighted by Gasteiger charge is -2.55. The number of ether oxygens (including phenoxy) is 1. The summed E-state index contributed by atoms with van der Waals surface area (Å²) in [4.78, 5) is 6.34. The number of fused-ring (bicyclic) bond motifs is 2. The van der Waals surface area contributed by atoms with E-state index in [4.69, 9.17) is 10.5 Å². The molecule has 0 radical (unpaired) electrons. The highest BCUT2D eigenvalue weighted by Crippen LogP contribution is 2.67. The third-order valence-electron chi connectivity index (χ3n) is 10.1. The van der Waals surface area contributed by atoms with Crippen LogP contribution < -0.4 is 5.73 Å². The lowest BCUT2D eigenvalue weighted by molar-refractivity contribution is -0.161. The van der Waals surface area contributed by atoms with Crippen molar-refractivity contribution < 1.29 is 14.9 Å². The average molecular weight is 486 g/mol. The highest BCUT2D eigenvalue weighted by Gasteiger charge is 2.67. The maximum atomic E-state index is 11.2. The molecule has 2 aromatic rings. The molecule has 7 unspecified atom stereocenters. The van der Waals surface area contributed by atoms with E-state index in [1.807, 2.05) is 31.3 Å². The van der Waals surface area contributed by atoms with E-state index >= 15 is 0 Å². The van der Waals surface area contributed by atoms with Crippen molar-refractivity contribution in [3.05, 3.63) is 65.4 Å². The summed E-state index contributed by atoms with van der Waals surface area (Å²) < 4.78 is 7.23. The highest BCUT2D eigenvalue weighted by molar-refractivity contribution is 5.88. The topological polar surface area (TPSA) is 91.8 Å². The van der Waals surface area contributed by atoms with Crippen molar-refractivity contribution in [3.63, 3.8) is 0 Å². The maximum absolute atomic E-state index is 11.2. The maximum Gasteiger partial charge on any atom is 0.123 e. The van der Waals surface area contributed by atoms with Crippen LogP contribution in [-0.4, -0.2) is 63.6 Å². The molecule has 6 heteroatoms. The van der Waals surface area contributed by atoms with Crippen LogP contribution in [0.5, 0.6) is 0 Å². The van der Waals surface area contributed by atoms with E-state index in [9.17, 15) is 10.2 Å². The second kappa shape index (κ2) is 7.29. The molecule has 1 aromatic heterocycles. The number of benzene rings is 1. The SMILES string of the molecule is CN(C)C1CC23CCC4(O2)C(=CCC2(C)C(c5ccc6cc(N)ncc6c5)=CCC24)C=C3C(O)C1O. The second-order valence-electron chi connectivity index (χ2n) is 12.1. The molecule has 3 heterocycles. The number of nitrogen functional groups attached to an aromatic ring is 1. The van der Waals surface area contributed by atoms with E-state index in [2.05, 4.69) is 48.3 Å². The van der Waals surface area contributed by atoms with Gasteiger partial charge in [0, 0.05) is 29.0 Å². The van der Waals surface area contributed by atoms with E-state index in [-0.39, 0.29) is 17.1 Å². The first-order valence-electron chi connectivity index (χ1n) is 13.2. The van der Waals surface area contributed by atoms with Crippen molar-refractivity contribution in [2.24, 2.45) is 11.3 Å². The summed E-state index contributed by atoms with van der Waals surface area (Å²) in [5, 5.41) is 24.2. The molecule has 2 bridgehead atoms. The summed E-state index contributed by atoms with van der Waals surface area (Å²) in [6.07, 6.45) is 11.6. The molecule has 1 aromatic carbocycles.